The molecule has 0 bridgehead atoms. The maximum absolute atomic E-state index is 12.4. The van der Waals surface area contributed by atoms with Crippen LogP contribution in [0.4, 0.5) is 0 Å². The van der Waals surface area contributed by atoms with E-state index in [1.807, 2.05) is 26.0 Å². The summed E-state index contributed by atoms with van der Waals surface area (Å²) < 4.78 is 0. The van der Waals surface area contributed by atoms with E-state index < -0.39 is 0 Å². The van der Waals surface area contributed by atoms with Gasteiger partial charge in [-0.25, -0.2) is 0 Å². The monoisotopic (exact) mass is 280 g/mol. The molecule has 104 valence electrons. The first-order valence-corrected chi connectivity index (χ1v) is 6.60. The lowest BCUT2D eigenvalue weighted by atomic mass is 10.1. The fourth-order valence-electron chi connectivity index (χ4n) is 1.64. The van der Waals surface area contributed by atoms with Gasteiger partial charge in [-0.2, -0.15) is 0 Å². The summed E-state index contributed by atoms with van der Waals surface area (Å²) in [7, 11) is 3.36. The molecule has 19 heavy (non-hydrogen) atoms. The highest BCUT2D eigenvalue weighted by Gasteiger charge is 2.19. The number of rotatable bonds is 4. The molecule has 0 unspecified atom stereocenters. The van der Waals surface area contributed by atoms with Crippen LogP contribution in [0.1, 0.15) is 22.8 Å². The highest BCUT2D eigenvalue weighted by molar-refractivity contribution is 7.80. The second kappa shape index (κ2) is 6.61. The molecule has 0 saturated carbocycles. The normalized spacial score (nSPS) is 10.2. The number of hydrogen-bond acceptors (Lipinski definition) is 3. The molecule has 0 aromatic heterocycles. The molecule has 0 radical (unpaired) electrons. The van der Waals surface area contributed by atoms with Gasteiger partial charge in [-0.1, -0.05) is 6.07 Å². The summed E-state index contributed by atoms with van der Waals surface area (Å²) in [5, 5.41) is 0. The Kier molecular flexibility index (Phi) is 5.42. The van der Waals surface area contributed by atoms with E-state index in [1.165, 1.54) is 9.80 Å². The van der Waals surface area contributed by atoms with Gasteiger partial charge in [0.2, 0.25) is 5.91 Å². The molecule has 0 heterocycles. The third kappa shape index (κ3) is 3.99. The van der Waals surface area contributed by atoms with Crippen molar-refractivity contribution in [3.8, 4) is 0 Å². The van der Waals surface area contributed by atoms with E-state index in [1.54, 1.807) is 20.2 Å². The minimum Gasteiger partial charge on any atom is -0.347 e. The zero-order valence-corrected chi connectivity index (χ0v) is 12.7. The molecule has 1 rings (SSSR count). The summed E-state index contributed by atoms with van der Waals surface area (Å²) in [4.78, 5) is 27.9. The van der Waals surface area contributed by atoms with E-state index in [0.717, 1.165) is 10.5 Å². The number of nitrogens with zero attached hydrogens (tertiary/aromatic N) is 2. The van der Waals surface area contributed by atoms with Crippen LogP contribution >= 0.6 is 12.6 Å². The summed E-state index contributed by atoms with van der Waals surface area (Å²) in [6, 6.07) is 5.44. The summed E-state index contributed by atoms with van der Waals surface area (Å²) in [6.07, 6.45) is 0. The minimum atomic E-state index is -0.133. The van der Waals surface area contributed by atoms with Gasteiger partial charge in [0.05, 0.1) is 6.54 Å². The summed E-state index contributed by atoms with van der Waals surface area (Å²) >= 11 is 4.25. The lowest BCUT2D eigenvalue weighted by Crippen LogP contribution is -2.40. The van der Waals surface area contributed by atoms with Gasteiger partial charge < -0.3 is 9.80 Å². The first-order valence-electron chi connectivity index (χ1n) is 6.15. The molecule has 1 aromatic rings. The van der Waals surface area contributed by atoms with Gasteiger partial charge in [0.25, 0.3) is 5.91 Å². The Bertz CT molecular complexity index is 486. The number of carbonyl (C=O) groups excluding carboxylic acids is 2. The van der Waals surface area contributed by atoms with Crippen molar-refractivity contribution in [2.45, 2.75) is 18.7 Å². The van der Waals surface area contributed by atoms with E-state index in [-0.39, 0.29) is 18.4 Å². The maximum Gasteiger partial charge on any atom is 0.254 e. The van der Waals surface area contributed by atoms with E-state index in [9.17, 15) is 9.59 Å². The molecular formula is C14H20N2O2S. The highest BCUT2D eigenvalue weighted by atomic mass is 32.1. The fourth-order valence-corrected chi connectivity index (χ4v) is 1.85. The van der Waals surface area contributed by atoms with Gasteiger partial charge in [-0.3, -0.25) is 9.59 Å². The van der Waals surface area contributed by atoms with E-state index >= 15 is 0 Å². The molecule has 0 aliphatic carbocycles. The number of likely N-dealkylation sites (N-methyl/N-ethyl adjacent to an activating group) is 2. The first kappa shape index (κ1) is 15.6. The van der Waals surface area contributed by atoms with Crippen molar-refractivity contribution in [3.63, 3.8) is 0 Å². The zero-order chi connectivity index (χ0) is 14.6. The molecule has 0 spiro atoms. The smallest absolute Gasteiger partial charge is 0.254 e. The Morgan fingerprint density at radius 3 is 2.42 bits per heavy atom. The third-order valence-corrected chi connectivity index (χ3v) is 3.22. The Balaban J connectivity index is 2.95. The SMILES string of the molecule is CCN(CC(=O)N(C)C)C(=O)c1cc(S)ccc1C. The Hall–Kier alpha value is -1.49. The van der Waals surface area contributed by atoms with Gasteiger partial charge in [-0.15, -0.1) is 12.6 Å². The standard InChI is InChI=1S/C14H20N2O2S/c1-5-16(9-13(17)15(3)4)14(18)12-8-11(19)7-6-10(12)2/h6-8,19H,5,9H2,1-4H3. The predicted octanol–water partition coefficient (Wildman–Crippen LogP) is 1.83. The van der Waals surface area contributed by atoms with Crippen LogP contribution < -0.4 is 0 Å². The van der Waals surface area contributed by atoms with Crippen molar-refractivity contribution >= 4 is 24.4 Å². The number of amides is 2. The van der Waals surface area contributed by atoms with Crippen LogP contribution in [0.3, 0.4) is 0 Å². The van der Waals surface area contributed by atoms with Crippen LogP contribution in [0.15, 0.2) is 23.1 Å². The summed E-state index contributed by atoms with van der Waals surface area (Å²) in [6.45, 7) is 4.33. The highest BCUT2D eigenvalue weighted by Crippen LogP contribution is 2.16. The lowest BCUT2D eigenvalue weighted by Gasteiger charge is -2.23. The van der Waals surface area contributed by atoms with Gasteiger partial charge in [0.15, 0.2) is 0 Å². The minimum absolute atomic E-state index is 0.0881. The first-order chi connectivity index (χ1) is 8.86. The quantitative estimate of drug-likeness (QED) is 0.855. The van der Waals surface area contributed by atoms with Gasteiger partial charge >= 0.3 is 0 Å². The average Bonchev–Trinajstić information content (AvgIpc) is 2.37. The van der Waals surface area contributed by atoms with Crippen molar-refractivity contribution < 1.29 is 9.59 Å². The van der Waals surface area contributed by atoms with Crippen molar-refractivity contribution in [2.24, 2.45) is 0 Å². The number of hydrogen-bond donors (Lipinski definition) is 1. The predicted molar refractivity (Wildman–Crippen MR) is 78.7 cm³/mol. The maximum atomic E-state index is 12.4. The van der Waals surface area contributed by atoms with Crippen molar-refractivity contribution in [1.29, 1.82) is 0 Å². The third-order valence-electron chi connectivity index (χ3n) is 2.95. The fraction of sp³-hybridized carbons (Fsp3) is 0.429. The van der Waals surface area contributed by atoms with Gasteiger partial charge in [-0.05, 0) is 31.5 Å². The second-order valence-corrected chi connectivity index (χ2v) is 5.12. The molecule has 5 heteroatoms. The number of thiol groups is 1. The molecule has 0 aliphatic rings. The van der Waals surface area contributed by atoms with Crippen molar-refractivity contribution in [2.75, 3.05) is 27.2 Å². The Morgan fingerprint density at radius 2 is 1.89 bits per heavy atom. The molecule has 2 amide bonds. The molecule has 4 nitrogen and oxygen atoms in total. The molecule has 0 atom stereocenters. The molecular weight excluding hydrogens is 260 g/mol. The van der Waals surface area contributed by atoms with Crippen LogP contribution in [0, 0.1) is 6.92 Å². The Labute approximate surface area is 119 Å². The molecule has 0 saturated heterocycles. The van der Waals surface area contributed by atoms with Crippen molar-refractivity contribution in [3.05, 3.63) is 29.3 Å². The summed E-state index contributed by atoms with van der Waals surface area (Å²) in [5.41, 5.74) is 1.49. The number of carbonyl (C=O) groups is 2. The van der Waals surface area contributed by atoms with E-state index in [4.69, 9.17) is 0 Å². The largest absolute Gasteiger partial charge is 0.347 e. The van der Waals surface area contributed by atoms with Crippen LogP contribution in [0.5, 0.6) is 0 Å². The van der Waals surface area contributed by atoms with E-state index in [0.29, 0.717) is 12.1 Å². The zero-order valence-electron chi connectivity index (χ0n) is 11.8. The molecule has 0 N–H and O–H groups in total. The van der Waals surface area contributed by atoms with Crippen LogP contribution in [-0.2, 0) is 4.79 Å². The van der Waals surface area contributed by atoms with E-state index in [2.05, 4.69) is 12.6 Å². The molecule has 1 aromatic carbocycles. The molecule has 0 aliphatic heterocycles. The van der Waals surface area contributed by atoms with Crippen LogP contribution in [-0.4, -0.2) is 48.8 Å². The van der Waals surface area contributed by atoms with Crippen LogP contribution in [0.25, 0.3) is 0 Å². The molecule has 0 fully saturated rings. The number of benzene rings is 1. The van der Waals surface area contributed by atoms with Crippen LogP contribution in [0.2, 0.25) is 0 Å². The lowest BCUT2D eigenvalue weighted by molar-refractivity contribution is -0.129. The topological polar surface area (TPSA) is 40.6 Å². The van der Waals surface area contributed by atoms with Gasteiger partial charge in [0, 0.05) is 31.1 Å². The summed E-state index contributed by atoms with van der Waals surface area (Å²) in [5.74, 6) is -0.221. The van der Waals surface area contributed by atoms with Gasteiger partial charge in [0.1, 0.15) is 0 Å². The Morgan fingerprint density at radius 1 is 1.26 bits per heavy atom. The average molecular weight is 280 g/mol. The van der Waals surface area contributed by atoms with Crippen molar-refractivity contribution in [1.82, 2.24) is 9.80 Å². The number of aryl methyl sites for hydroxylation is 1. The second-order valence-electron chi connectivity index (χ2n) is 4.61.